The summed E-state index contributed by atoms with van der Waals surface area (Å²) in [6.45, 7) is 6.21. The summed E-state index contributed by atoms with van der Waals surface area (Å²) in [4.78, 5) is 31.0. The Morgan fingerprint density at radius 1 is 1.35 bits per heavy atom. The maximum Gasteiger partial charge on any atom is 0.249 e. The summed E-state index contributed by atoms with van der Waals surface area (Å²) < 4.78 is 0. The van der Waals surface area contributed by atoms with Crippen LogP contribution in [-0.2, 0) is 9.59 Å². The molecule has 0 unspecified atom stereocenters. The van der Waals surface area contributed by atoms with Gasteiger partial charge >= 0.3 is 0 Å². The fourth-order valence-corrected chi connectivity index (χ4v) is 5.72. The molecule has 2 aliphatic heterocycles. The molecule has 0 aliphatic carbocycles. The highest BCUT2D eigenvalue weighted by molar-refractivity contribution is 8.01. The van der Waals surface area contributed by atoms with Crippen molar-refractivity contribution < 1.29 is 9.59 Å². The Balaban J connectivity index is 1.50. The standard InChI is InChI=1S/C19H21N3O2S2/c1-11-4-5-13(8-12(11)2)14-9-25-18(20-14)21-17(24)15-10-26-19(3)7-6-16(23)22(15)19/h4-5,8-9,15H,6-7,10H2,1-3H3,(H,20,21,24)/t15-,19+/m1/s1. The SMILES string of the molecule is Cc1ccc(-c2csc(NC(=O)[C@H]3CS[C@@]4(C)CCC(=O)N34)n2)cc1C. The molecular formula is C19H21N3O2S2. The van der Waals surface area contributed by atoms with Crippen LogP contribution in [-0.4, -0.2) is 38.4 Å². The van der Waals surface area contributed by atoms with Crippen LogP contribution in [0.5, 0.6) is 0 Å². The lowest BCUT2D eigenvalue weighted by atomic mass is 10.1. The maximum absolute atomic E-state index is 12.7. The van der Waals surface area contributed by atoms with E-state index in [0.29, 0.717) is 17.3 Å². The molecule has 0 radical (unpaired) electrons. The number of anilines is 1. The minimum Gasteiger partial charge on any atom is -0.315 e. The minimum absolute atomic E-state index is 0.0765. The van der Waals surface area contributed by atoms with E-state index in [2.05, 4.69) is 43.2 Å². The molecule has 1 aromatic heterocycles. The van der Waals surface area contributed by atoms with Crippen molar-refractivity contribution >= 4 is 40.0 Å². The van der Waals surface area contributed by atoms with E-state index in [-0.39, 0.29) is 16.7 Å². The minimum atomic E-state index is -0.408. The summed E-state index contributed by atoms with van der Waals surface area (Å²) in [5.74, 6) is 0.578. The highest BCUT2D eigenvalue weighted by Crippen LogP contribution is 2.47. The average Bonchev–Trinajstić information content (AvgIpc) is 3.27. The first kappa shape index (κ1) is 17.5. The zero-order valence-corrected chi connectivity index (χ0v) is 16.7. The molecule has 5 nitrogen and oxygen atoms in total. The second kappa shape index (κ2) is 6.39. The Labute approximate surface area is 161 Å². The van der Waals surface area contributed by atoms with Crippen molar-refractivity contribution in [3.05, 3.63) is 34.7 Å². The molecule has 3 heterocycles. The topological polar surface area (TPSA) is 62.3 Å². The van der Waals surface area contributed by atoms with Crippen molar-refractivity contribution in [1.29, 1.82) is 0 Å². The number of hydrogen-bond donors (Lipinski definition) is 1. The third-order valence-corrected chi connectivity index (χ3v) is 7.55. The largest absolute Gasteiger partial charge is 0.315 e. The van der Waals surface area contributed by atoms with Crippen LogP contribution in [0, 0.1) is 13.8 Å². The number of carbonyl (C=O) groups excluding carboxylic acids is 2. The number of carbonyl (C=O) groups is 2. The molecule has 2 aromatic rings. The summed E-state index contributed by atoms with van der Waals surface area (Å²) in [5, 5.41) is 5.44. The molecule has 1 aromatic carbocycles. The molecule has 2 amide bonds. The lowest BCUT2D eigenvalue weighted by Crippen LogP contribution is -2.48. The average molecular weight is 388 g/mol. The van der Waals surface area contributed by atoms with Crippen LogP contribution in [0.25, 0.3) is 11.3 Å². The van der Waals surface area contributed by atoms with Gasteiger partial charge in [0.1, 0.15) is 6.04 Å². The van der Waals surface area contributed by atoms with Gasteiger partial charge in [0.05, 0.1) is 10.6 Å². The molecule has 0 bridgehead atoms. The third kappa shape index (κ3) is 2.93. The van der Waals surface area contributed by atoms with Gasteiger partial charge in [0.15, 0.2) is 5.13 Å². The van der Waals surface area contributed by atoms with Crippen molar-refractivity contribution in [1.82, 2.24) is 9.88 Å². The van der Waals surface area contributed by atoms with Crippen LogP contribution in [0.2, 0.25) is 0 Å². The van der Waals surface area contributed by atoms with E-state index in [4.69, 9.17) is 0 Å². The van der Waals surface area contributed by atoms with Gasteiger partial charge in [-0.1, -0.05) is 12.1 Å². The van der Waals surface area contributed by atoms with Gasteiger partial charge in [-0.05, 0) is 44.4 Å². The highest BCUT2D eigenvalue weighted by atomic mass is 32.2. The highest BCUT2D eigenvalue weighted by Gasteiger charge is 2.52. The quantitative estimate of drug-likeness (QED) is 0.870. The van der Waals surface area contributed by atoms with E-state index < -0.39 is 6.04 Å². The first-order chi connectivity index (χ1) is 12.4. The zero-order valence-electron chi connectivity index (χ0n) is 15.0. The molecule has 2 fully saturated rings. The summed E-state index contributed by atoms with van der Waals surface area (Å²) in [5.41, 5.74) is 4.37. The fourth-order valence-electron chi connectivity index (χ4n) is 3.57. The summed E-state index contributed by atoms with van der Waals surface area (Å²) in [7, 11) is 0. The maximum atomic E-state index is 12.7. The number of thiazole rings is 1. The van der Waals surface area contributed by atoms with Crippen LogP contribution in [0.1, 0.15) is 30.9 Å². The number of aryl methyl sites for hydroxylation is 2. The van der Waals surface area contributed by atoms with Gasteiger partial charge in [0.25, 0.3) is 0 Å². The summed E-state index contributed by atoms with van der Waals surface area (Å²) >= 11 is 3.11. The Hall–Kier alpha value is -1.86. The number of nitrogens with one attached hydrogen (secondary N) is 1. The number of nitrogens with zero attached hydrogens (tertiary/aromatic N) is 2. The number of benzene rings is 1. The van der Waals surface area contributed by atoms with Crippen LogP contribution < -0.4 is 5.32 Å². The van der Waals surface area contributed by atoms with Crippen LogP contribution >= 0.6 is 23.1 Å². The molecule has 136 valence electrons. The number of aromatic nitrogens is 1. The molecule has 2 saturated heterocycles. The van der Waals surface area contributed by atoms with Crippen molar-refractivity contribution in [3.8, 4) is 11.3 Å². The zero-order chi connectivity index (χ0) is 18.5. The predicted molar refractivity (Wildman–Crippen MR) is 106 cm³/mol. The van der Waals surface area contributed by atoms with Gasteiger partial charge < -0.3 is 10.2 Å². The molecule has 0 saturated carbocycles. The summed E-state index contributed by atoms with van der Waals surface area (Å²) in [6.07, 6.45) is 1.34. The van der Waals surface area contributed by atoms with Gasteiger partial charge in [-0.25, -0.2) is 4.98 Å². The summed E-state index contributed by atoms with van der Waals surface area (Å²) in [6, 6.07) is 5.83. The third-order valence-electron chi connectivity index (χ3n) is 5.28. The normalized spacial score (nSPS) is 24.8. The Morgan fingerprint density at radius 2 is 2.15 bits per heavy atom. The number of fused-ring (bicyclic) bond motifs is 1. The smallest absolute Gasteiger partial charge is 0.249 e. The number of thioether (sulfide) groups is 1. The Bertz CT molecular complexity index is 895. The van der Waals surface area contributed by atoms with E-state index in [0.717, 1.165) is 17.7 Å². The van der Waals surface area contributed by atoms with E-state index in [1.54, 1.807) is 16.7 Å². The van der Waals surface area contributed by atoms with E-state index >= 15 is 0 Å². The lowest BCUT2D eigenvalue weighted by Gasteiger charge is -2.29. The van der Waals surface area contributed by atoms with Crippen molar-refractivity contribution in [2.45, 2.75) is 44.5 Å². The van der Waals surface area contributed by atoms with E-state index in [9.17, 15) is 9.59 Å². The molecule has 26 heavy (non-hydrogen) atoms. The van der Waals surface area contributed by atoms with Crippen LogP contribution in [0.4, 0.5) is 5.13 Å². The monoisotopic (exact) mass is 387 g/mol. The van der Waals surface area contributed by atoms with Gasteiger partial charge in [0, 0.05) is 23.1 Å². The van der Waals surface area contributed by atoms with Gasteiger partial charge in [-0.15, -0.1) is 23.1 Å². The van der Waals surface area contributed by atoms with Crippen molar-refractivity contribution in [3.63, 3.8) is 0 Å². The fraction of sp³-hybridized carbons (Fsp3) is 0.421. The second-order valence-corrected chi connectivity index (χ2v) is 9.45. The molecule has 2 aliphatic rings. The van der Waals surface area contributed by atoms with Gasteiger partial charge in [0.2, 0.25) is 11.8 Å². The van der Waals surface area contributed by atoms with E-state index in [1.165, 1.54) is 22.5 Å². The number of amides is 2. The van der Waals surface area contributed by atoms with Crippen molar-refractivity contribution in [2.75, 3.05) is 11.1 Å². The molecule has 0 spiro atoms. The first-order valence-electron chi connectivity index (χ1n) is 8.67. The molecular weight excluding hydrogens is 366 g/mol. The molecule has 4 rings (SSSR count). The Morgan fingerprint density at radius 3 is 2.92 bits per heavy atom. The van der Waals surface area contributed by atoms with Gasteiger partial charge in [-0.2, -0.15) is 0 Å². The number of hydrogen-bond acceptors (Lipinski definition) is 5. The van der Waals surface area contributed by atoms with E-state index in [1.807, 2.05) is 11.4 Å². The van der Waals surface area contributed by atoms with Gasteiger partial charge in [-0.3, -0.25) is 9.59 Å². The molecule has 7 heteroatoms. The second-order valence-electron chi connectivity index (χ2n) is 7.09. The predicted octanol–water partition coefficient (Wildman–Crippen LogP) is 3.82. The number of rotatable bonds is 3. The lowest BCUT2D eigenvalue weighted by molar-refractivity contribution is -0.135. The van der Waals surface area contributed by atoms with Crippen molar-refractivity contribution in [2.24, 2.45) is 0 Å². The Kier molecular flexibility index (Phi) is 4.31. The first-order valence-corrected chi connectivity index (χ1v) is 10.5. The molecule has 2 atom stereocenters. The van der Waals surface area contributed by atoms with Crippen LogP contribution in [0.3, 0.4) is 0 Å². The molecule has 1 N–H and O–H groups in total. The van der Waals surface area contributed by atoms with Crippen LogP contribution in [0.15, 0.2) is 23.6 Å².